The first-order valence-corrected chi connectivity index (χ1v) is 9.27. The van der Waals surface area contributed by atoms with Crippen LogP contribution in [0.5, 0.6) is 11.5 Å². The molecule has 3 aromatic rings. The highest BCUT2D eigenvalue weighted by atomic mass is 35.5. The van der Waals surface area contributed by atoms with Crippen molar-refractivity contribution in [3.05, 3.63) is 68.5 Å². The van der Waals surface area contributed by atoms with Crippen LogP contribution in [0, 0.1) is 0 Å². The summed E-state index contributed by atoms with van der Waals surface area (Å²) < 4.78 is 15.7. The molecule has 1 aromatic heterocycles. The second kappa shape index (κ2) is 8.98. The summed E-state index contributed by atoms with van der Waals surface area (Å²) in [6.45, 7) is 1.74. The average Bonchev–Trinajstić information content (AvgIpc) is 2.67. The van der Waals surface area contributed by atoms with Gasteiger partial charge in [-0.15, -0.1) is 0 Å². The number of hydrogen-bond acceptors (Lipinski definition) is 6. The van der Waals surface area contributed by atoms with E-state index in [1.165, 1.54) is 30.3 Å². The zero-order valence-corrected chi connectivity index (χ0v) is 16.7. The minimum atomic E-state index is -0.785. The summed E-state index contributed by atoms with van der Waals surface area (Å²) in [7, 11) is 0. The minimum Gasteiger partial charge on any atom is -0.480 e. The first-order valence-electron chi connectivity index (χ1n) is 8.52. The van der Waals surface area contributed by atoms with Crippen molar-refractivity contribution in [3.8, 4) is 11.5 Å². The molecule has 0 fully saturated rings. The summed E-state index contributed by atoms with van der Waals surface area (Å²) in [5.74, 6) is -0.758. The monoisotopic (exact) mass is 435 g/mol. The van der Waals surface area contributed by atoms with Crippen LogP contribution in [0.15, 0.2) is 51.7 Å². The molecule has 0 unspecified atom stereocenters. The van der Waals surface area contributed by atoms with Gasteiger partial charge in [0.05, 0.1) is 5.02 Å². The van der Waals surface area contributed by atoms with Gasteiger partial charge in [0.15, 0.2) is 6.61 Å². The van der Waals surface area contributed by atoms with E-state index in [0.29, 0.717) is 17.0 Å². The van der Waals surface area contributed by atoms with Crippen LogP contribution in [-0.2, 0) is 4.79 Å². The summed E-state index contributed by atoms with van der Waals surface area (Å²) in [6.07, 6.45) is 0. The number of ether oxygens (including phenoxy) is 2. The third-order valence-electron chi connectivity index (χ3n) is 3.76. The average molecular weight is 436 g/mol. The van der Waals surface area contributed by atoms with Gasteiger partial charge in [-0.05, 0) is 43.3 Å². The van der Waals surface area contributed by atoms with Gasteiger partial charge in [-0.1, -0.05) is 23.2 Å². The summed E-state index contributed by atoms with van der Waals surface area (Å²) in [4.78, 5) is 35.9. The fourth-order valence-electron chi connectivity index (χ4n) is 2.46. The molecule has 0 bridgehead atoms. The molecular weight excluding hydrogens is 421 g/mol. The van der Waals surface area contributed by atoms with Crippen LogP contribution in [0.3, 0.4) is 0 Å². The molecule has 29 heavy (non-hydrogen) atoms. The minimum absolute atomic E-state index is 0.0997. The summed E-state index contributed by atoms with van der Waals surface area (Å²) in [5, 5.41) is 3.76. The van der Waals surface area contributed by atoms with Crippen molar-refractivity contribution < 1.29 is 23.5 Å². The Morgan fingerprint density at radius 1 is 1.10 bits per heavy atom. The maximum absolute atomic E-state index is 12.0. The Morgan fingerprint density at radius 2 is 1.90 bits per heavy atom. The van der Waals surface area contributed by atoms with Crippen LogP contribution in [0.25, 0.3) is 11.0 Å². The Bertz CT molecular complexity index is 1140. The molecule has 3 rings (SSSR count). The molecular formula is C20H15Cl2NO6. The van der Waals surface area contributed by atoms with Crippen molar-refractivity contribution in [3.63, 3.8) is 0 Å². The molecule has 0 saturated carbocycles. The lowest BCUT2D eigenvalue weighted by atomic mass is 10.1. The van der Waals surface area contributed by atoms with E-state index in [1.807, 2.05) is 0 Å². The molecule has 1 heterocycles. The van der Waals surface area contributed by atoms with Crippen molar-refractivity contribution in [1.29, 1.82) is 0 Å². The topological polar surface area (TPSA) is 94.8 Å². The molecule has 0 aliphatic rings. The van der Waals surface area contributed by atoms with E-state index in [0.717, 1.165) is 0 Å². The number of amides is 1. The lowest BCUT2D eigenvalue weighted by Gasteiger charge is -2.09. The van der Waals surface area contributed by atoms with Crippen LogP contribution >= 0.6 is 23.2 Å². The number of rotatable bonds is 6. The lowest BCUT2D eigenvalue weighted by Crippen LogP contribution is -2.27. The van der Waals surface area contributed by atoms with Gasteiger partial charge < -0.3 is 19.2 Å². The van der Waals surface area contributed by atoms with Crippen molar-refractivity contribution >= 4 is 46.0 Å². The Kier molecular flexibility index (Phi) is 6.41. The van der Waals surface area contributed by atoms with E-state index in [4.69, 9.17) is 37.1 Å². The molecule has 0 aliphatic carbocycles. The Balaban J connectivity index is 1.71. The fourth-order valence-corrected chi connectivity index (χ4v) is 2.92. The number of hydrogen-bond donors (Lipinski definition) is 1. The standard InChI is InChI=1S/C20H15Cl2NO6/c1-2-23-19(25)14-7-11-3-5-13(9-17(11)29-20(14)26)28-18(24)10-27-16-6-4-12(21)8-15(16)22/h3-9H,2,10H2,1H3,(H,23,25). The highest BCUT2D eigenvalue weighted by Crippen LogP contribution is 2.27. The quantitative estimate of drug-likeness (QED) is 0.359. The maximum Gasteiger partial charge on any atom is 0.349 e. The van der Waals surface area contributed by atoms with E-state index in [9.17, 15) is 14.4 Å². The molecule has 1 amide bonds. The first-order chi connectivity index (χ1) is 13.9. The number of nitrogens with one attached hydrogen (secondary N) is 1. The molecule has 0 spiro atoms. The van der Waals surface area contributed by atoms with Gasteiger partial charge in [0, 0.05) is 23.0 Å². The number of halogens is 2. The molecule has 1 N–H and O–H groups in total. The highest BCUT2D eigenvalue weighted by molar-refractivity contribution is 6.35. The first kappa shape index (κ1) is 20.7. The van der Waals surface area contributed by atoms with Crippen LogP contribution < -0.4 is 20.4 Å². The van der Waals surface area contributed by atoms with Gasteiger partial charge in [-0.2, -0.15) is 0 Å². The van der Waals surface area contributed by atoms with Gasteiger partial charge in [-0.25, -0.2) is 9.59 Å². The normalized spacial score (nSPS) is 10.6. The van der Waals surface area contributed by atoms with Crippen molar-refractivity contribution in [2.75, 3.05) is 13.2 Å². The zero-order chi connectivity index (χ0) is 21.0. The Morgan fingerprint density at radius 3 is 2.62 bits per heavy atom. The Hall–Kier alpha value is -3.03. The number of carbonyl (C=O) groups excluding carboxylic acids is 2. The van der Waals surface area contributed by atoms with Gasteiger partial charge in [0.1, 0.15) is 22.6 Å². The summed E-state index contributed by atoms with van der Waals surface area (Å²) in [6, 6.07) is 10.5. The predicted octanol–water partition coefficient (Wildman–Crippen LogP) is 3.83. The molecule has 0 saturated heterocycles. The largest absolute Gasteiger partial charge is 0.480 e. The number of carbonyl (C=O) groups is 2. The Labute approximate surface area is 175 Å². The van der Waals surface area contributed by atoms with Gasteiger partial charge in [0.25, 0.3) is 5.91 Å². The van der Waals surface area contributed by atoms with Crippen LogP contribution in [0.2, 0.25) is 10.0 Å². The highest BCUT2D eigenvalue weighted by Gasteiger charge is 2.14. The van der Waals surface area contributed by atoms with E-state index >= 15 is 0 Å². The zero-order valence-electron chi connectivity index (χ0n) is 15.2. The van der Waals surface area contributed by atoms with Crippen LogP contribution in [-0.4, -0.2) is 25.0 Å². The molecule has 0 atom stereocenters. The number of benzene rings is 2. The molecule has 9 heteroatoms. The van der Waals surface area contributed by atoms with Crippen molar-refractivity contribution in [1.82, 2.24) is 5.32 Å². The molecule has 2 aromatic carbocycles. The molecule has 150 valence electrons. The maximum atomic E-state index is 12.0. The predicted molar refractivity (Wildman–Crippen MR) is 108 cm³/mol. The van der Waals surface area contributed by atoms with E-state index in [1.54, 1.807) is 19.1 Å². The molecule has 7 nitrogen and oxygen atoms in total. The number of esters is 1. The third kappa shape index (κ3) is 5.07. The smallest absolute Gasteiger partial charge is 0.349 e. The lowest BCUT2D eigenvalue weighted by molar-refractivity contribution is -0.136. The van der Waals surface area contributed by atoms with E-state index < -0.39 is 17.5 Å². The van der Waals surface area contributed by atoms with E-state index in [2.05, 4.69) is 5.32 Å². The summed E-state index contributed by atoms with van der Waals surface area (Å²) in [5.41, 5.74) is -0.708. The van der Waals surface area contributed by atoms with Crippen molar-refractivity contribution in [2.45, 2.75) is 6.92 Å². The number of fused-ring (bicyclic) bond motifs is 1. The fraction of sp³-hybridized carbons (Fsp3) is 0.150. The van der Waals surface area contributed by atoms with Crippen LogP contribution in [0.1, 0.15) is 17.3 Å². The van der Waals surface area contributed by atoms with Gasteiger partial charge >= 0.3 is 11.6 Å². The van der Waals surface area contributed by atoms with Crippen LogP contribution in [0.4, 0.5) is 0 Å². The second-order valence-corrected chi connectivity index (χ2v) is 6.69. The summed E-state index contributed by atoms with van der Waals surface area (Å²) >= 11 is 11.8. The SMILES string of the molecule is CCNC(=O)c1cc2ccc(OC(=O)COc3ccc(Cl)cc3Cl)cc2oc1=O. The van der Waals surface area contributed by atoms with Crippen molar-refractivity contribution in [2.24, 2.45) is 0 Å². The third-order valence-corrected chi connectivity index (χ3v) is 4.29. The molecule has 0 aliphatic heterocycles. The van der Waals surface area contributed by atoms with Gasteiger partial charge in [0.2, 0.25) is 0 Å². The molecule has 0 radical (unpaired) electrons. The van der Waals surface area contributed by atoms with Gasteiger partial charge in [-0.3, -0.25) is 4.79 Å². The van der Waals surface area contributed by atoms with E-state index in [-0.39, 0.29) is 34.3 Å². The second-order valence-electron chi connectivity index (χ2n) is 5.84.